The van der Waals surface area contributed by atoms with Gasteiger partial charge in [0.2, 0.25) is 0 Å². The predicted octanol–water partition coefficient (Wildman–Crippen LogP) is 16.2. The molecule has 0 saturated heterocycles. The number of benzene rings is 9. The standard InChI is InChI=1S/C56H31N3S2/c1-3-21-48-37(12-1)43-30-35(28-29-50(43)60-48)44-31-45(40-17-9-23-51-54(40)41-13-2-4-22-49(41)61-51)58-56(57-44)34-26-24-32(25-27-34)36-14-8-20-47-53(36)42-18-7-16-39-38-15-5-10-33-11-6-19-46(52(33)38)59(47)55(39)42/h1-31H. The van der Waals surface area contributed by atoms with Gasteiger partial charge in [0.05, 0.1) is 27.9 Å². The van der Waals surface area contributed by atoms with Gasteiger partial charge in [-0.25, -0.2) is 9.97 Å². The molecule has 0 atom stereocenters. The van der Waals surface area contributed by atoms with E-state index in [1.165, 1.54) is 94.8 Å². The minimum Gasteiger partial charge on any atom is -0.308 e. The highest BCUT2D eigenvalue weighted by atomic mass is 32.1. The zero-order chi connectivity index (χ0) is 39.8. The van der Waals surface area contributed by atoms with Crippen LogP contribution >= 0.6 is 22.7 Å². The molecule has 0 aliphatic carbocycles. The Kier molecular flexibility index (Phi) is 6.87. The Hall–Kier alpha value is -7.44. The molecule has 14 rings (SSSR count). The van der Waals surface area contributed by atoms with E-state index in [0.29, 0.717) is 5.82 Å². The molecular formula is C56H31N3S2. The summed E-state index contributed by atoms with van der Waals surface area (Å²) in [5.41, 5.74) is 11.1. The maximum absolute atomic E-state index is 5.39. The van der Waals surface area contributed by atoms with Crippen molar-refractivity contribution in [3.63, 3.8) is 0 Å². The predicted molar refractivity (Wildman–Crippen MR) is 262 cm³/mol. The lowest BCUT2D eigenvalue weighted by molar-refractivity contribution is 1.19. The first-order valence-electron chi connectivity index (χ1n) is 20.6. The summed E-state index contributed by atoms with van der Waals surface area (Å²) in [4.78, 5) is 10.7. The van der Waals surface area contributed by atoms with Gasteiger partial charge in [-0.2, -0.15) is 0 Å². The molecule has 5 heteroatoms. The summed E-state index contributed by atoms with van der Waals surface area (Å²) in [5, 5.41) is 12.7. The quantitative estimate of drug-likeness (QED) is 0.131. The molecule has 0 N–H and O–H groups in total. The van der Waals surface area contributed by atoms with Crippen molar-refractivity contribution >= 4 is 112 Å². The van der Waals surface area contributed by atoms with Crippen LogP contribution in [0.5, 0.6) is 0 Å². The Labute approximate surface area is 357 Å². The van der Waals surface area contributed by atoms with Gasteiger partial charge < -0.3 is 4.40 Å². The highest BCUT2D eigenvalue weighted by molar-refractivity contribution is 7.26. The van der Waals surface area contributed by atoms with Gasteiger partial charge in [0.15, 0.2) is 5.82 Å². The number of rotatable bonds is 4. The fraction of sp³-hybridized carbons (Fsp3) is 0. The van der Waals surface area contributed by atoms with Crippen LogP contribution in [0.25, 0.3) is 134 Å². The van der Waals surface area contributed by atoms with E-state index >= 15 is 0 Å². The van der Waals surface area contributed by atoms with Crippen LogP contribution < -0.4 is 0 Å². The Morgan fingerprint density at radius 1 is 0.344 bits per heavy atom. The van der Waals surface area contributed by atoms with Gasteiger partial charge in [-0.1, -0.05) is 140 Å². The third kappa shape index (κ3) is 4.79. The second-order valence-electron chi connectivity index (χ2n) is 16.0. The first-order valence-corrected chi connectivity index (χ1v) is 22.3. The molecule has 3 nitrogen and oxygen atoms in total. The lowest BCUT2D eigenvalue weighted by Gasteiger charge is -2.12. The maximum atomic E-state index is 5.39. The van der Waals surface area contributed by atoms with Crippen molar-refractivity contribution in [3.8, 4) is 45.0 Å². The Bertz CT molecular complexity index is 4110. The molecule has 0 aliphatic rings. The molecule has 0 fully saturated rings. The number of hydrogen-bond acceptors (Lipinski definition) is 4. The normalized spacial score (nSPS) is 12.3. The Morgan fingerprint density at radius 3 is 1.82 bits per heavy atom. The average molecular weight is 810 g/mol. The number of pyridine rings is 1. The number of thiophene rings is 2. The monoisotopic (exact) mass is 809 g/mol. The van der Waals surface area contributed by atoms with Crippen molar-refractivity contribution in [2.24, 2.45) is 0 Å². The summed E-state index contributed by atoms with van der Waals surface area (Å²) in [6.45, 7) is 0. The second kappa shape index (κ2) is 12.5. The number of hydrogen-bond donors (Lipinski definition) is 0. The molecule has 14 aromatic rings. The third-order valence-corrected chi connectivity index (χ3v) is 15.0. The van der Waals surface area contributed by atoms with E-state index in [1.54, 1.807) is 0 Å². The second-order valence-corrected chi connectivity index (χ2v) is 18.2. The van der Waals surface area contributed by atoms with E-state index in [2.05, 4.69) is 192 Å². The lowest BCUT2D eigenvalue weighted by Crippen LogP contribution is -1.96. The number of fused-ring (bicyclic) bond motifs is 11. The molecule has 9 aromatic carbocycles. The van der Waals surface area contributed by atoms with Crippen molar-refractivity contribution in [1.82, 2.24) is 14.4 Å². The molecule has 0 amide bonds. The summed E-state index contributed by atoms with van der Waals surface area (Å²) in [6, 6.07) is 68.7. The van der Waals surface area contributed by atoms with Crippen LogP contribution in [0, 0.1) is 0 Å². The van der Waals surface area contributed by atoms with Gasteiger partial charge in [-0.15, -0.1) is 22.7 Å². The Balaban J connectivity index is 0.964. The van der Waals surface area contributed by atoms with Crippen molar-refractivity contribution < 1.29 is 0 Å². The van der Waals surface area contributed by atoms with Crippen LogP contribution in [0.2, 0.25) is 0 Å². The van der Waals surface area contributed by atoms with Crippen LogP contribution in [0.15, 0.2) is 188 Å². The van der Waals surface area contributed by atoms with Crippen molar-refractivity contribution in [2.45, 2.75) is 0 Å². The molecule has 0 saturated carbocycles. The first kappa shape index (κ1) is 33.4. The van der Waals surface area contributed by atoms with Gasteiger partial charge >= 0.3 is 0 Å². The SMILES string of the molecule is c1ccc2c(c1)sc1ccc(-c3cc(-c4cccc5sc6ccccc6c45)nc(-c4ccc(-c5cccc6c5c5cccc7c8cccc9cccc(c98)n6c75)cc4)n3)cc12. The summed E-state index contributed by atoms with van der Waals surface area (Å²) >= 11 is 3.67. The number of para-hydroxylation sites is 1. The minimum atomic E-state index is 0.710. The smallest absolute Gasteiger partial charge is 0.160 e. The van der Waals surface area contributed by atoms with Crippen LogP contribution in [-0.4, -0.2) is 14.4 Å². The van der Waals surface area contributed by atoms with E-state index < -0.39 is 0 Å². The fourth-order valence-electron chi connectivity index (χ4n) is 10.1. The lowest BCUT2D eigenvalue weighted by atomic mass is 9.97. The van der Waals surface area contributed by atoms with Gasteiger partial charge in [0.25, 0.3) is 0 Å². The average Bonchev–Trinajstić information content (AvgIpc) is 4.01. The molecule has 0 radical (unpaired) electrons. The highest BCUT2D eigenvalue weighted by Crippen LogP contribution is 2.45. The molecule has 0 aliphatic heterocycles. The fourth-order valence-corrected chi connectivity index (χ4v) is 12.3. The minimum absolute atomic E-state index is 0.710. The molecule has 5 heterocycles. The third-order valence-electron chi connectivity index (χ3n) is 12.8. The van der Waals surface area contributed by atoms with Crippen molar-refractivity contribution in [3.05, 3.63) is 188 Å². The molecule has 282 valence electrons. The Morgan fingerprint density at radius 2 is 0.934 bits per heavy atom. The van der Waals surface area contributed by atoms with Gasteiger partial charge in [0.1, 0.15) is 0 Å². The molecule has 0 bridgehead atoms. The molecule has 61 heavy (non-hydrogen) atoms. The first-order chi connectivity index (χ1) is 30.2. The summed E-state index contributed by atoms with van der Waals surface area (Å²) in [5.74, 6) is 0.710. The van der Waals surface area contributed by atoms with E-state index in [-0.39, 0.29) is 0 Å². The summed E-state index contributed by atoms with van der Waals surface area (Å²) in [7, 11) is 0. The van der Waals surface area contributed by atoms with Gasteiger partial charge in [-0.3, -0.25) is 0 Å². The molecule has 5 aromatic heterocycles. The van der Waals surface area contributed by atoms with Crippen molar-refractivity contribution in [1.29, 1.82) is 0 Å². The summed E-state index contributed by atoms with van der Waals surface area (Å²) < 4.78 is 7.60. The van der Waals surface area contributed by atoms with E-state index in [4.69, 9.17) is 9.97 Å². The van der Waals surface area contributed by atoms with Crippen LogP contribution in [-0.2, 0) is 0 Å². The number of aromatic nitrogens is 3. The molecule has 0 unspecified atom stereocenters. The van der Waals surface area contributed by atoms with Crippen LogP contribution in [0.1, 0.15) is 0 Å². The van der Waals surface area contributed by atoms with E-state index in [1.807, 2.05) is 22.7 Å². The zero-order valence-electron chi connectivity index (χ0n) is 32.6. The van der Waals surface area contributed by atoms with Gasteiger partial charge in [0, 0.05) is 78.6 Å². The maximum Gasteiger partial charge on any atom is 0.160 e. The highest BCUT2D eigenvalue weighted by Gasteiger charge is 2.21. The van der Waals surface area contributed by atoms with Crippen LogP contribution in [0.4, 0.5) is 0 Å². The summed E-state index contributed by atoms with van der Waals surface area (Å²) in [6.07, 6.45) is 0. The topological polar surface area (TPSA) is 30.2 Å². The van der Waals surface area contributed by atoms with E-state index in [0.717, 1.165) is 33.6 Å². The van der Waals surface area contributed by atoms with Gasteiger partial charge in [-0.05, 0) is 70.4 Å². The largest absolute Gasteiger partial charge is 0.308 e. The number of nitrogens with zero attached hydrogens (tertiary/aromatic N) is 3. The molecule has 0 spiro atoms. The van der Waals surface area contributed by atoms with E-state index in [9.17, 15) is 0 Å². The molecular weight excluding hydrogens is 779 g/mol. The zero-order valence-corrected chi connectivity index (χ0v) is 34.2. The van der Waals surface area contributed by atoms with Crippen LogP contribution in [0.3, 0.4) is 0 Å². The van der Waals surface area contributed by atoms with Crippen molar-refractivity contribution in [2.75, 3.05) is 0 Å².